The van der Waals surface area contributed by atoms with Gasteiger partial charge < -0.3 is 9.47 Å². The summed E-state index contributed by atoms with van der Waals surface area (Å²) in [5, 5.41) is 2.81. The smallest absolute Gasteiger partial charge is 0.170 e. The molecule has 4 heteroatoms. The number of hydrogen-bond donors (Lipinski definition) is 0. The number of benzene rings is 2. The Morgan fingerprint density at radius 2 is 1.68 bits per heavy atom. The van der Waals surface area contributed by atoms with Gasteiger partial charge in [-0.25, -0.2) is 0 Å². The van der Waals surface area contributed by atoms with Gasteiger partial charge in [0.15, 0.2) is 11.5 Å². The van der Waals surface area contributed by atoms with Gasteiger partial charge in [0.2, 0.25) is 0 Å². The van der Waals surface area contributed by atoms with Gasteiger partial charge in [0.25, 0.3) is 0 Å². The van der Waals surface area contributed by atoms with Crippen LogP contribution in [0.2, 0.25) is 5.02 Å². The Hall–Kier alpha value is -2.26. The molecule has 0 saturated heterocycles. The molecule has 0 aliphatic heterocycles. The molecular formula is C18H16ClNO2. The SMILES string of the molecule is COc1ccc2c(Cc3ccc(Cl)cc3)cncc2c1OC. The molecule has 0 aliphatic carbocycles. The number of ether oxygens (including phenoxy) is 2. The third-order valence-electron chi connectivity index (χ3n) is 3.67. The molecule has 1 heterocycles. The van der Waals surface area contributed by atoms with Crippen LogP contribution in [0.1, 0.15) is 11.1 Å². The van der Waals surface area contributed by atoms with Crippen LogP contribution in [0.5, 0.6) is 11.5 Å². The summed E-state index contributed by atoms with van der Waals surface area (Å²) in [4.78, 5) is 4.35. The molecule has 22 heavy (non-hydrogen) atoms. The molecule has 2 aromatic carbocycles. The molecule has 0 spiro atoms. The van der Waals surface area contributed by atoms with Crippen molar-refractivity contribution in [3.05, 3.63) is 64.9 Å². The predicted molar refractivity (Wildman–Crippen MR) is 89.1 cm³/mol. The van der Waals surface area contributed by atoms with Crippen LogP contribution in [0, 0.1) is 0 Å². The topological polar surface area (TPSA) is 31.4 Å². The third-order valence-corrected chi connectivity index (χ3v) is 3.92. The van der Waals surface area contributed by atoms with Crippen molar-refractivity contribution < 1.29 is 9.47 Å². The zero-order valence-corrected chi connectivity index (χ0v) is 13.2. The number of methoxy groups -OCH3 is 2. The zero-order chi connectivity index (χ0) is 15.5. The summed E-state index contributed by atoms with van der Waals surface area (Å²) in [6, 6.07) is 11.8. The first-order valence-electron chi connectivity index (χ1n) is 6.95. The highest BCUT2D eigenvalue weighted by Gasteiger charge is 2.12. The van der Waals surface area contributed by atoms with Gasteiger partial charge in [0, 0.05) is 22.8 Å². The number of aromatic nitrogens is 1. The standard InChI is InChI=1S/C18H16ClNO2/c1-21-17-8-7-15-13(9-12-3-5-14(19)6-4-12)10-20-11-16(15)18(17)22-2/h3-8,10-11H,9H2,1-2H3. The summed E-state index contributed by atoms with van der Waals surface area (Å²) in [7, 11) is 3.28. The fourth-order valence-electron chi connectivity index (χ4n) is 2.59. The molecule has 0 unspecified atom stereocenters. The van der Waals surface area contributed by atoms with Crippen molar-refractivity contribution in [2.45, 2.75) is 6.42 Å². The second-order valence-corrected chi connectivity index (χ2v) is 5.43. The minimum Gasteiger partial charge on any atom is -0.493 e. The number of pyridine rings is 1. The Kier molecular flexibility index (Phi) is 4.16. The lowest BCUT2D eigenvalue weighted by Crippen LogP contribution is -1.95. The summed E-state index contributed by atoms with van der Waals surface area (Å²) < 4.78 is 10.8. The van der Waals surface area contributed by atoms with E-state index in [0.29, 0.717) is 11.5 Å². The van der Waals surface area contributed by atoms with Gasteiger partial charge in [-0.1, -0.05) is 29.8 Å². The van der Waals surface area contributed by atoms with Crippen molar-refractivity contribution in [3.8, 4) is 11.5 Å². The number of rotatable bonds is 4. The van der Waals surface area contributed by atoms with Gasteiger partial charge in [0.05, 0.1) is 14.2 Å². The van der Waals surface area contributed by atoms with Gasteiger partial charge >= 0.3 is 0 Å². The molecule has 3 nitrogen and oxygen atoms in total. The van der Waals surface area contributed by atoms with E-state index in [1.165, 1.54) is 5.56 Å². The molecule has 0 fully saturated rings. The molecule has 0 aliphatic rings. The molecule has 0 amide bonds. The van der Waals surface area contributed by atoms with Gasteiger partial charge in [-0.3, -0.25) is 4.98 Å². The number of hydrogen-bond acceptors (Lipinski definition) is 3. The van der Waals surface area contributed by atoms with E-state index in [2.05, 4.69) is 4.98 Å². The summed E-state index contributed by atoms with van der Waals surface area (Å²) in [5.41, 5.74) is 2.33. The quantitative estimate of drug-likeness (QED) is 0.711. The molecule has 0 radical (unpaired) electrons. The Morgan fingerprint density at radius 1 is 0.909 bits per heavy atom. The van der Waals surface area contributed by atoms with E-state index >= 15 is 0 Å². The van der Waals surface area contributed by atoms with E-state index in [0.717, 1.165) is 27.8 Å². The fourth-order valence-corrected chi connectivity index (χ4v) is 2.72. The number of halogens is 1. The Balaban J connectivity index is 2.09. The largest absolute Gasteiger partial charge is 0.493 e. The fraction of sp³-hybridized carbons (Fsp3) is 0.167. The normalized spacial score (nSPS) is 10.7. The lowest BCUT2D eigenvalue weighted by Gasteiger charge is -2.13. The van der Waals surface area contributed by atoms with E-state index in [1.54, 1.807) is 14.2 Å². The second kappa shape index (κ2) is 6.24. The van der Waals surface area contributed by atoms with Crippen LogP contribution in [0.15, 0.2) is 48.8 Å². The maximum atomic E-state index is 5.94. The first kappa shape index (κ1) is 14.7. The minimum atomic E-state index is 0.709. The molecule has 0 saturated carbocycles. The van der Waals surface area contributed by atoms with Crippen LogP contribution in [-0.2, 0) is 6.42 Å². The average molecular weight is 314 g/mol. The number of nitrogens with zero attached hydrogens (tertiary/aromatic N) is 1. The van der Waals surface area contributed by atoms with Crippen molar-refractivity contribution >= 4 is 22.4 Å². The first-order chi connectivity index (χ1) is 10.7. The number of fused-ring (bicyclic) bond motifs is 1. The molecule has 3 aromatic rings. The first-order valence-corrected chi connectivity index (χ1v) is 7.32. The lowest BCUT2D eigenvalue weighted by molar-refractivity contribution is 0.358. The highest BCUT2D eigenvalue weighted by atomic mass is 35.5. The van der Waals surface area contributed by atoms with Gasteiger partial charge in [0.1, 0.15) is 0 Å². The molecule has 3 rings (SSSR count). The van der Waals surface area contributed by atoms with Gasteiger partial charge in [-0.15, -0.1) is 0 Å². The monoisotopic (exact) mass is 313 g/mol. The van der Waals surface area contributed by atoms with E-state index < -0.39 is 0 Å². The predicted octanol–water partition coefficient (Wildman–Crippen LogP) is 4.50. The van der Waals surface area contributed by atoms with E-state index in [4.69, 9.17) is 21.1 Å². The van der Waals surface area contributed by atoms with Crippen LogP contribution in [0.3, 0.4) is 0 Å². The molecule has 0 N–H and O–H groups in total. The minimum absolute atomic E-state index is 0.709. The summed E-state index contributed by atoms with van der Waals surface area (Å²) in [5.74, 6) is 1.42. The van der Waals surface area contributed by atoms with Crippen molar-refractivity contribution in [2.75, 3.05) is 14.2 Å². The van der Waals surface area contributed by atoms with Crippen molar-refractivity contribution in [2.24, 2.45) is 0 Å². The molecule has 1 aromatic heterocycles. The summed E-state index contributed by atoms with van der Waals surface area (Å²) in [6.07, 6.45) is 4.49. The van der Waals surface area contributed by atoms with Crippen LogP contribution in [-0.4, -0.2) is 19.2 Å². The van der Waals surface area contributed by atoms with Gasteiger partial charge in [-0.2, -0.15) is 0 Å². The molecule has 112 valence electrons. The Bertz CT molecular complexity index is 800. The summed E-state index contributed by atoms with van der Waals surface area (Å²) >= 11 is 5.94. The maximum absolute atomic E-state index is 5.94. The lowest BCUT2D eigenvalue weighted by atomic mass is 10.0. The average Bonchev–Trinajstić information content (AvgIpc) is 2.56. The summed E-state index contributed by atoms with van der Waals surface area (Å²) in [6.45, 7) is 0. The third kappa shape index (κ3) is 2.72. The van der Waals surface area contributed by atoms with E-state index in [-0.39, 0.29) is 0 Å². The molecule has 0 bridgehead atoms. The van der Waals surface area contributed by atoms with Gasteiger partial charge in [-0.05, 0) is 41.1 Å². The Morgan fingerprint density at radius 3 is 2.36 bits per heavy atom. The Labute approximate surface area is 134 Å². The van der Waals surface area contributed by atoms with Crippen molar-refractivity contribution in [1.82, 2.24) is 4.98 Å². The van der Waals surface area contributed by atoms with Crippen LogP contribution >= 0.6 is 11.6 Å². The van der Waals surface area contributed by atoms with E-state index in [9.17, 15) is 0 Å². The van der Waals surface area contributed by atoms with E-state index in [1.807, 2.05) is 48.8 Å². The second-order valence-electron chi connectivity index (χ2n) is 5.00. The molecular weight excluding hydrogens is 298 g/mol. The highest BCUT2D eigenvalue weighted by molar-refractivity contribution is 6.30. The zero-order valence-electron chi connectivity index (χ0n) is 12.5. The maximum Gasteiger partial charge on any atom is 0.170 e. The molecule has 0 atom stereocenters. The van der Waals surface area contributed by atoms with Crippen LogP contribution in [0.25, 0.3) is 10.8 Å². The van der Waals surface area contributed by atoms with Crippen molar-refractivity contribution in [1.29, 1.82) is 0 Å². The highest BCUT2D eigenvalue weighted by Crippen LogP contribution is 2.36. The van der Waals surface area contributed by atoms with Crippen molar-refractivity contribution in [3.63, 3.8) is 0 Å². The van der Waals surface area contributed by atoms with Crippen LogP contribution in [0.4, 0.5) is 0 Å². The van der Waals surface area contributed by atoms with Crippen LogP contribution < -0.4 is 9.47 Å².